The predicted molar refractivity (Wildman–Crippen MR) is 111 cm³/mol. The predicted octanol–water partition coefficient (Wildman–Crippen LogP) is 4.71. The second-order valence-corrected chi connectivity index (χ2v) is 8.06. The van der Waals surface area contributed by atoms with Crippen molar-refractivity contribution in [1.29, 1.82) is 0 Å². The first-order valence-corrected chi connectivity index (χ1v) is 9.28. The Kier molecular flexibility index (Phi) is 6.29. The third kappa shape index (κ3) is 4.41. The van der Waals surface area contributed by atoms with Crippen LogP contribution < -0.4 is 10.5 Å². The summed E-state index contributed by atoms with van der Waals surface area (Å²) in [5.74, 6) is 0.935. The molecule has 0 aromatic heterocycles. The largest absolute Gasteiger partial charge is 0.487 e. The molecule has 0 bridgehead atoms. The van der Waals surface area contributed by atoms with E-state index in [1.165, 1.54) is 3.57 Å². The van der Waals surface area contributed by atoms with E-state index in [1.807, 2.05) is 24.3 Å². The molecule has 2 aromatic carbocycles. The van der Waals surface area contributed by atoms with Gasteiger partial charge in [0.05, 0.1) is 7.14 Å². The van der Waals surface area contributed by atoms with Crippen molar-refractivity contribution >= 4 is 85.0 Å². The van der Waals surface area contributed by atoms with Gasteiger partial charge in [-0.15, -0.1) is 0 Å². The highest BCUT2D eigenvalue weighted by Gasteiger charge is 2.08. The molecule has 0 unspecified atom stereocenters. The molecule has 0 spiro atoms. The van der Waals surface area contributed by atoms with E-state index in [2.05, 4.69) is 79.9 Å². The average Bonchev–Trinajstić information content (AvgIpc) is 2.38. The fourth-order valence-electron chi connectivity index (χ4n) is 1.59. The first kappa shape index (κ1) is 16.7. The van der Waals surface area contributed by atoms with Gasteiger partial charge in [-0.25, -0.2) is 0 Å². The van der Waals surface area contributed by atoms with E-state index in [0.29, 0.717) is 11.6 Å². The Morgan fingerprint density at radius 3 is 2.10 bits per heavy atom. The molecule has 6 heteroatoms. The Morgan fingerprint density at radius 1 is 1.05 bits per heavy atom. The maximum Gasteiger partial charge on any atom is 0.146 e. The molecular weight excluding hydrogens is 611 g/mol. The van der Waals surface area contributed by atoms with Crippen molar-refractivity contribution in [3.8, 4) is 5.75 Å². The van der Waals surface area contributed by atoms with Gasteiger partial charge in [0.2, 0.25) is 0 Å². The maximum atomic E-state index is 5.93. The molecule has 2 N–H and O–H groups in total. The summed E-state index contributed by atoms with van der Waals surface area (Å²) in [6.45, 7) is 0.532. The third-order valence-corrected chi connectivity index (χ3v) is 5.05. The summed E-state index contributed by atoms with van der Waals surface area (Å²) >= 11 is 11.8. The van der Waals surface area contributed by atoms with Gasteiger partial charge in [0.25, 0.3) is 0 Å². The number of ether oxygens (including phenoxy) is 1. The van der Waals surface area contributed by atoms with Crippen LogP contribution in [0.1, 0.15) is 11.1 Å². The third-order valence-electron chi connectivity index (χ3n) is 2.58. The van der Waals surface area contributed by atoms with Crippen molar-refractivity contribution in [2.24, 2.45) is 5.73 Å². The quantitative estimate of drug-likeness (QED) is 0.397. The zero-order valence-electron chi connectivity index (χ0n) is 10.2. The number of nitrogens with two attached hydrogens (primary N) is 1. The number of halogens is 3. The molecule has 0 saturated heterocycles. The molecule has 20 heavy (non-hydrogen) atoms. The summed E-state index contributed by atoms with van der Waals surface area (Å²) < 4.78 is 9.39. The van der Waals surface area contributed by atoms with Crippen LogP contribution in [0.25, 0.3) is 0 Å². The Bertz CT molecular complexity index is 620. The second-order valence-electron chi connectivity index (χ2n) is 4.05. The van der Waals surface area contributed by atoms with Gasteiger partial charge in [-0.3, -0.25) is 0 Å². The minimum atomic E-state index is 0.416. The van der Waals surface area contributed by atoms with E-state index >= 15 is 0 Å². The number of hydrogen-bond donors (Lipinski definition) is 1. The van der Waals surface area contributed by atoms with Crippen molar-refractivity contribution in [1.82, 2.24) is 0 Å². The molecule has 2 nitrogen and oxygen atoms in total. The van der Waals surface area contributed by atoms with Gasteiger partial charge >= 0.3 is 0 Å². The van der Waals surface area contributed by atoms with Gasteiger partial charge in [-0.2, -0.15) is 0 Å². The minimum absolute atomic E-state index is 0.416. The van der Waals surface area contributed by atoms with E-state index in [0.717, 1.165) is 24.0 Å². The fourth-order valence-corrected chi connectivity index (χ4v) is 5.62. The SMILES string of the molecule is NC(=S)c1ccc(COc2c(I)cc(I)cc2I)cc1. The van der Waals surface area contributed by atoms with Gasteiger partial charge in [-0.05, 0) is 85.5 Å². The normalized spacial score (nSPS) is 10.3. The van der Waals surface area contributed by atoms with Crippen LogP contribution in [0.2, 0.25) is 0 Å². The molecule has 0 amide bonds. The Morgan fingerprint density at radius 2 is 1.60 bits per heavy atom. The summed E-state index contributed by atoms with van der Waals surface area (Å²) in [5, 5.41) is 0. The molecule has 2 rings (SSSR count). The first-order valence-electron chi connectivity index (χ1n) is 5.63. The molecular formula is C14H10I3NOS. The maximum absolute atomic E-state index is 5.93. The van der Waals surface area contributed by atoms with Crippen molar-refractivity contribution in [2.75, 3.05) is 0 Å². The van der Waals surface area contributed by atoms with Crippen LogP contribution in [-0.4, -0.2) is 4.99 Å². The van der Waals surface area contributed by atoms with Crippen LogP contribution in [0, 0.1) is 10.7 Å². The Hall–Kier alpha value is 0.320. The lowest BCUT2D eigenvalue weighted by atomic mass is 10.1. The van der Waals surface area contributed by atoms with Crippen molar-refractivity contribution in [2.45, 2.75) is 6.61 Å². The highest BCUT2D eigenvalue weighted by molar-refractivity contribution is 14.1. The lowest BCUT2D eigenvalue weighted by Crippen LogP contribution is -2.09. The first-order chi connectivity index (χ1) is 9.47. The lowest BCUT2D eigenvalue weighted by molar-refractivity contribution is 0.301. The molecule has 0 fully saturated rings. The minimum Gasteiger partial charge on any atom is -0.487 e. The molecule has 0 atom stereocenters. The zero-order valence-corrected chi connectivity index (χ0v) is 17.5. The van der Waals surface area contributed by atoms with Gasteiger partial charge in [0.15, 0.2) is 0 Å². The number of hydrogen-bond acceptors (Lipinski definition) is 2. The van der Waals surface area contributed by atoms with E-state index in [-0.39, 0.29) is 0 Å². The molecule has 0 aliphatic heterocycles. The standard InChI is InChI=1S/C14H10I3NOS/c15-10-5-11(16)13(12(17)6-10)19-7-8-1-3-9(4-2-8)14(18)20/h1-6H,7H2,(H2,18,20). The molecule has 104 valence electrons. The van der Waals surface area contributed by atoms with E-state index in [9.17, 15) is 0 Å². The molecule has 0 heterocycles. The van der Waals surface area contributed by atoms with E-state index in [1.54, 1.807) is 0 Å². The van der Waals surface area contributed by atoms with Crippen LogP contribution in [0.5, 0.6) is 5.75 Å². The van der Waals surface area contributed by atoms with Gasteiger partial charge in [0.1, 0.15) is 17.3 Å². The van der Waals surface area contributed by atoms with Crippen molar-refractivity contribution < 1.29 is 4.74 Å². The number of thiocarbonyl (C=S) groups is 1. The monoisotopic (exact) mass is 621 g/mol. The van der Waals surface area contributed by atoms with Gasteiger partial charge in [-0.1, -0.05) is 36.5 Å². The smallest absolute Gasteiger partial charge is 0.146 e. The van der Waals surface area contributed by atoms with Gasteiger partial charge in [0, 0.05) is 9.13 Å². The summed E-state index contributed by atoms with van der Waals surface area (Å²) in [5.41, 5.74) is 7.55. The highest BCUT2D eigenvalue weighted by Crippen LogP contribution is 2.30. The second kappa shape index (κ2) is 7.54. The van der Waals surface area contributed by atoms with Crippen LogP contribution >= 0.6 is 80.0 Å². The topological polar surface area (TPSA) is 35.2 Å². The van der Waals surface area contributed by atoms with Gasteiger partial charge < -0.3 is 10.5 Å². The Labute approximate surface area is 164 Å². The summed E-state index contributed by atoms with van der Waals surface area (Å²) in [6, 6.07) is 12.0. The van der Waals surface area contributed by atoms with E-state index in [4.69, 9.17) is 22.7 Å². The summed E-state index contributed by atoms with van der Waals surface area (Å²) in [4.78, 5) is 0.416. The fraction of sp³-hybridized carbons (Fsp3) is 0.0714. The molecule has 0 radical (unpaired) electrons. The molecule has 2 aromatic rings. The average molecular weight is 621 g/mol. The van der Waals surface area contributed by atoms with Crippen molar-refractivity contribution in [3.63, 3.8) is 0 Å². The highest BCUT2D eigenvalue weighted by atomic mass is 127. The van der Waals surface area contributed by atoms with Crippen LogP contribution in [0.3, 0.4) is 0 Å². The lowest BCUT2D eigenvalue weighted by Gasteiger charge is -2.11. The van der Waals surface area contributed by atoms with E-state index < -0.39 is 0 Å². The number of rotatable bonds is 4. The van der Waals surface area contributed by atoms with Crippen LogP contribution in [-0.2, 0) is 6.61 Å². The van der Waals surface area contributed by atoms with Crippen LogP contribution in [0.4, 0.5) is 0 Å². The number of benzene rings is 2. The molecule has 0 aliphatic rings. The molecule has 0 saturated carbocycles. The van der Waals surface area contributed by atoms with Crippen LogP contribution in [0.15, 0.2) is 36.4 Å². The zero-order chi connectivity index (χ0) is 14.7. The Balaban J connectivity index is 2.11. The van der Waals surface area contributed by atoms with Crippen molar-refractivity contribution in [3.05, 3.63) is 58.2 Å². The summed E-state index contributed by atoms with van der Waals surface area (Å²) in [7, 11) is 0. The molecule has 0 aliphatic carbocycles. The summed E-state index contributed by atoms with van der Waals surface area (Å²) in [6.07, 6.45) is 0.